The first-order chi connectivity index (χ1) is 8.84. The predicted octanol–water partition coefficient (Wildman–Crippen LogP) is 3.15. The van der Waals surface area contributed by atoms with Crippen LogP contribution in [0.4, 0.5) is 0 Å². The number of aromatic nitrogens is 3. The van der Waals surface area contributed by atoms with Crippen molar-refractivity contribution < 1.29 is 0 Å². The molecule has 0 radical (unpaired) electrons. The van der Waals surface area contributed by atoms with Gasteiger partial charge in [0.2, 0.25) is 0 Å². The number of rotatable bonds is 1. The number of aryl methyl sites for hydroxylation is 1. The van der Waals surface area contributed by atoms with Crippen molar-refractivity contribution in [3.8, 4) is 0 Å². The van der Waals surface area contributed by atoms with Crippen LogP contribution in [0.1, 0.15) is 62.9 Å². The molecule has 3 aliphatic rings. The molecule has 2 saturated carbocycles. The molecule has 3 heteroatoms. The van der Waals surface area contributed by atoms with Gasteiger partial charge >= 0.3 is 0 Å². The zero-order chi connectivity index (χ0) is 12.1. The summed E-state index contributed by atoms with van der Waals surface area (Å²) < 4.78 is 2.30. The monoisotopic (exact) mass is 245 g/mol. The molecule has 0 spiro atoms. The SMILES string of the molecule is C[C@@H]1C2CCc3nnn(C4CCCC4)c3CC[C@H]21. The van der Waals surface area contributed by atoms with E-state index in [1.807, 2.05) is 0 Å². The maximum atomic E-state index is 4.49. The van der Waals surface area contributed by atoms with E-state index < -0.39 is 0 Å². The number of hydrogen-bond donors (Lipinski definition) is 0. The first-order valence-corrected chi connectivity index (χ1v) is 7.77. The molecule has 0 N–H and O–H groups in total. The third-order valence-electron chi connectivity index (χ3n) is 5.73. The minimum Gasteiger partial charge on any atom is -0.246 e. The quantitative estimate of drug-likeness (QED) is 0.761. The number of nitrogens with zero attached hydrogens (tertiary/aromatic N) is 3. The lowest BCUT2D eigenvalue weighted by Gasteiger charge is -2.15. The molecule has 0 amide bonds. The molecule has 2 fully saturated rings. The lowest BCUT2D eigenvalue weighted by atomic mass is 10.0. The van der Waals surface area contributed by atoms with Crippen LogP contribution >= 0.6 is 0 Å². The van der Waals surface area contributed by atoms with E-state index in [2.05, 4.69) is 21.9 Å². The molecule has 4 rings (SSSR count). The normalized spacial score (nSPS) is 35.7. The minimum atomic E-state index is 0.660. The minimum absolute atomic E-state index is 0.660. The summed E-state index contributed by atoms with van der Waals surface area (Å²) in [7, 11) is 0. The van der Waals surface area contributed by atoms with Gasteiger partial charge in [-0.25, -0.2) is 4.68 Å². The molecule has 98 valence electrons. The topological polar surface area (TPSA) is 30.7 Å². The maximum Gasteiger partial charge on any atom is 0.0859 e. The van der Waals surface area contributed by atoms with Crippen molar-refractivity contribution in [2.24, 2.45) is 17.8 Å². The van der Waals surface area contributed by atoms with Gasteiger partial charge in [0.1, 0.15) is 0 Å². The Hall–Kier alpha value is -0.860. The van der Waals surface area contributed by atoms with Crippen LogP contribution in [0.2, 0.25) is 0 Å². The molecule has 1 heterocycles. The second-order valence-electron chi connectivity index (χ2n) is 6.63. The Morgan fingerprint density at radius 1 is 1.00 bits per heavy atom. The van der Waals surface area contributed by atoms with Crippen LogP contribution in [0.3, 0.4) is 0 Å². The lowest BCUT2D eigenvalue weighted by Crippen LogP contribution is -2.12. The molecule has 0 bridgehead atoms. The predicted molar refractivity (Wildman–Crippen MR) is 70.3 cm³/mol. The fourth-order valence-corrected chi connectivity index (χ4v) is 4.44. The molecule has 0 aliphatic heterocycles. The van der Waals surface area contributed by atoms with Crippen molar-refractivity contribution in [1.29, 1.82) is 0 Å². The lowest BCUT2D eigenvalue weighted by molar-refractivity contribution is 0.432. The molecule has 1 aromatic heterocycles. The van der Waals surface area contributed by atoms with Gasteiger partial charge in [0.15, 0.2) is 0 Å². The van der Waals surface area contributed by atoms with Crippen molar-refractivity contribution >= 4 is 0 Å². The summed E-state index contributed by atoms with van der Waals surface area (Å²) in [6, 6.07) is 0.660. The number of hydrogen-bond acceptors (Lipinski definition) is 2. The second-order valence-corrected chi connectivity index (χ2v) is 6.63. The molecule has 3 nitrogen and oxygen atoms in total. The van der Waals surface area contributed by atoms with Crippen molar-refractivity contribution in [3.05, 3.63) is 11.4 Å². The van der Waals surface area contributed by atoms with Crippen LogP contribution in [0.25, 0.3) is 0 Å². The average molecular weight is 245 g/mol. The summed E-state index contributed by atoms with van der Waals surface area (Å²) in [5.41, 5.74) is 2.80. The van der Waals surface area contributed by atoms with Crippen LogP contribution in [-0.4, -0.2) is 15.0 Å². The van der Waals surface area contributed by atoms with Crippen molar-refractivity contribution in [3.63, 3.8) is 0 Å². The van der Waals surface area contributed by atoms with Crippen LogP contribution in [0.5, 0.6) is 0 Å². The zero-order valence-electron chi connectivity index (χ0n) is 11.3. The Balaban J connectivity index is 1.60. The van der Waals surface area contributed by atoms with Gasteiger partial charge in [0.05, 0.1) is 17.4 Å². The Morgan fingerprint density at radius 3 is 2.50 bits per heavy atom. The van der Waals surface area contributed by atoms with E-state index in [1.165, 1.54) is 62.8 Å². The highest BCUT2D eigenvalue weighted by atomic mass is 15.4. The molecule has 3 atom stereocenters. The summed E-state index contributed by atoms with van der Waals surface area (Å²) in [6.07, 6.45) is 10.5. The highest BCUT2D eigenvalue weighted by Crippen LogP contribution is 2.52. The van der Waals surface area contributed by atoms with Crippen LogP contribution in [-0.2, 0) is 12.8 Å². The molecule has 1 unspecified atom stereocenters. The smallest absolute Gasteiger partial charge is 0.0859 e. The molecular weight excluding hydrogens is 222 g/mol. The van der Waals surface area contributed by atoms with Gasteiger partial charge in [0.25, 0.3) is 0 Å². The third kappa shape index (κ3) is 1.63. The molecule has 3 aliphatic carbocycles. The fourth-order valence-electron chi connectivity index (χ4n) is 4.44. The molecular formula is C15H23N3. The molecule has 0 saturated heterocycles. The van der Waals surface area contributed by atoms with E-state index in [1.54, 1.807) is 0 Å². The van der Waals surface area contributed by atoms with E-state index >= 15 is 0 Å². The first-order valence-electron chi connectivity index (χ1n) is 7.77. The molecule has 1 aromatic rings. The van der Waals surface area contributed by atoms with Crippen molar-refractivity contribution in [1.82, 2.24) is 15.0 Å². The zero-order valence-corrected chi connectivity index (χ0v) is 11.3. The van der Waals surface area contributed by atoms with Crippen molar-refractivity contribution in [2.45, 2.75) is 64.3 Å². The Kier molecular flexibility index (Phi) is 2.49. The van der Waals surface area contributed by atoms with Gasteiger partial charge in [-0.2, -0.15) is 0 Å². The second kappa shape index (κ2) is 4.07. The van der Waals surface area contributed by atoms with Gasteiger partial charge < -0.3 is 0 Å². The van der Waals surface area contributed by atoms with Gasteiger partial charge in [-0.3, -0.25) is 0 Å². The van der Waals surface area contributed by atoms with E-state index in [9.17, 15) is 0 Å². The van der Waals surface area contributed by atoms with Crippen LogP contribution in [0, 0.1) is 17.8 Å². The van der Waals surface area contributed by atoms with E-state index in [-0.39, 0.29) is 0 Å². The van der Waals surface area contributed by atoms with Crippen molar-refractivity contribution in [2.75, 3.05) is 0 Å². The van der Waals surface area contributed by atoms with Crippen LogP contribution < -0.4 is 0 Å². The van der Waals surface area contributed by atoms with E-state index in [0.717, 1.165) is 17.8 Å². The highest BCUT2D eigenvalue weighted by Gasteiger charge is 2.46. The van der Waals surface area contributed by atoms with Gasteiger partial charge in [0, 0.05) is 0 Å². The van der Waals surface area contributed by atoms with Gasteiger partial charge in [-0.05, 0) is 56.3 Å². The summed E-state index contributed by atoms with van der Waals surface area (Å²) in [5, 5.41) is 8.98. The summed E-state index contributed by atoms with van der Waals surface area (Å²) in [6.45, 7) is 2.43. The Bertz CT molecular complexity index is 445. The highest BCUT2D eigenvalue weighted by molar-refractivity contribution is 5.15. The van der Waals surface area contributed by atoms with E-state index in [0.29, 0.717) is 6.04 Å². The van der Waals surface area contributed by atoms with E-state index in [4.69, 9.17) is 0 Å². The molecule has 0 aromatic carbocycles. The van der Waals surface area contributed by atoms with Gasteiger partial charge in [-0.1, -0.05) is 25.0 Å². The standard InChI is InChI=1S/C15H23N3/c1-10-12-6-8-14-15(9-7-13(10)12)18(17-16-14)11-4-2-3-5-11/h10-13H,2-9H2,1H3/t10-,12?,13+/m1/s1. The summed E-state index contributed by atoms with van der Waals surface area (Å²) in [4.78, 5) is 0. The Labute approximate surface area is 109 Å². The number of fused-ring (bicyclic) bond motifs is 2. The summed E-state index contributed by atoms with van der Waals surface area (Å²) in [5.74, 6) is 2.97. The molecule has 18 heavy (non-hydrogen) atoms. The van der Waals surface area contributed by atoms with Gasteiger partial charge in [-0.15, -0.1) is 5.10 Å². The average Bonchev–Trinajstić information content (AvgIpc) is 2.80. The Morgan fingerprint density at radius 2 is 1.72 bits per heavy atom. The first kappa shape index (κ1) is 11.0. The van der Waals surface area contributed by atoms with Crippen LogP contribution in [0.15, 0.2) is 0 Å². The fraction of sp³-hybridized carbons (Fsp3) is 0.867. The third-order valence-corrected chi connectivity index (χ3v) is 5.73. The largest absolute Gasteiger partial charge is 0.246 e. The maximum absolute atomic E-state index is 4.49. The summed E-state index contributed by atoms with van der Waals surface area (Å²) >= 11 is 0.